The van der Waals surface area contributed by atoms with Gasteiger partial charge in [0.2, 0.25) is 0 Å². The second-order valence-electron chi connectivity index (χ2n) is 2.79. The number of carbonyl (C=O) groups is 1. The van der Waals surface area contributed by atoms with Gasteiger partial charge >= 0.3 is 0 Å². The van der Waals surface area contributed by atoms with Crippen LogP contribution in [0.15, 0.2) is 18.1 Å². The number of hydrogen-bond acceptors (Lipinski definition) is 3. The van der Waals surface area contributed by atoms with Crippen LogP contribution < -0.4 is 0 Å². The van der Waals surface area contributed by atoms with Crippen molar-refractivity contribution in [2.45, 2.75) is 26.4 Å². The first-order valence-corrected chi connectivity index (χ1v) is 3.62. The molecule has 0 radical (unpaired) electrons. The average Bonchev–Trinajstić information content (AvgIpc) is 1.85. The van der Waals surface area contributed by atoms with Gasteiger partial charge < -0.3 is 14.9 Å². The summed E-state index contributed by atoms with van der Waals surface area (Å²) >= 11 is 0. The number of ether oxygens (including phenoxy) is 1. The normalized spacial score (nSPS) is 9.00. The molecule has 76 valence electrons. The van der Waals surface area contributed by atoms with E-state index in [9.17, 15) is 5.11 Å². The van der Waals surface area contributed by atoms with Crippen LogP contribution in [0.3, 0.4) is 0 Å². The molecule has 0 aromatic carbocycles. The molecule has 13 heavy (non-hydrogen) atoms. The Hall–Kier alpha value is -1.25. The van der Waals surface area contributed by atoms with Crippen LogP contribution in [0.2, 0.25) is 0 Å². The Morgan fingerprint density at radius 2 is 1.85 bits per heavy atom. The number of carboxylic acid groups (broad SMARTS) is 1. The molecule has 0 saturated heterocycles. The van der Waals surface area contributed by atoms with Crippen molar-refractivity contribution in [3.8, 4) is 0 Å². The highest BCUT2D eigenvalue weighted by Crippen LogP contribution is 2.13. The van der Waals surface area contributed by atoms with Crippen LogP contribution in [0.4, 0.5) is 0 Å². The zero-order valence-corrected chi connectivity index (χ0v) is 8.42. The smallest absolute Gasteiger partial charge is 0.300 e. The Morgan fingerprint density at radius 1 is 1.54 bits per heavy atom. The van der Waals surface area contributed by atoms with E-state index < -0.39 is 11.6 Å². The summed E-state index contributed by atoms with van der Waals surface area (Å²) in [6.07, 6.45) is 0. The molecule has 0 amide bonds. The van der Waals surface area contributed by atoms with Gasteiger partial charge in [-0.2, -0.15) is 0 Å². The summed E-state index contributed by atoms with van der Waals surface area (Å²) in [5, 5.41) is 16.6. The van der Waals surface area contributed by atoms with Crippen molar-refractivity contribution in [3.63, 3.8) is 0 Å². The zero-order valence-electron chi connectivity index (χ0n) is 8.42. The van der Waals surface area contributed by atoms with Crippen LogP contribution in [0, 0.1) is 0 Å². The van der Waals surface area contributed by atoms with Gasteiger partial charge in [0.25, 0.3) is 5.97 Å². The lowest BCUT2D eigenvalue weighted by Crippen LogP contribution is -2.22. The topological polar surface area (TPSA) is 66.8 Å². The molecule has 0 fully saturated rings. The molecule has 0 rings (SSSR count). The van der Waals surface area contributed by atoms with Crippen molar-refractivity contribution < 1.29 is 19.7 Å². The number of aliphatic hydroxyl groups is 1. The van der Waals surface area contributed by atoms with Crippen molar-refractivity contribution in [2.24, 2.45) is 0 Å². The molecule has 4 heteroatoms. The summed E-state index contributed by atoms with van der Waals surface area (Å²) in [6, 6.07) is 0. The van der Waals surface area contributed by atoms with Crippen LogP contribution >= 0.6 is 0 Å². The molecule has 0 spiro atoms. The van der Waals surface area contributed by atoms with Gasteiger partial charge in [0.1, 0.15) is 5.60 Å². The number of rotatable bonds is 2. The number of methoxy groups -OCH3 is 1. The molecule has 0 aromatic rings. The van der Waals surface area contributed by atoms with Gasteiger partial charge in [-0.1, -0.05) is 12.3 Å². The average molecular weight is 188 g/mol. The van der Waals surface area contributed by atoms with E-state index in [-0.39, 0.29) is 0 Å². The lowest BCUT2D eigenvalue weighted by molar-refractivity contribution is -0.134. The van der Waals surface area contributed by atoms with Gasteiger partial charge in [-0.05, 0) is 13.8 Å². The molecule has 0 aliphatic carbocycles. The maximum absolute atomic E-state index is 9.21. The quantitative estimate of drug-likeness (QED) is 0.504. The van der Waals surface area contributed by atoms with Crippen LogP contribution in [0.1, 0.15) is 20.8 Å². The van der Waals surface area contributed by atoms with Crippen LogP contribution in [-0.4, -0.2) is 28.9 Å². The molecule has 2 N–H and O–H groups in total. The molecule has 0 aliphatic rings. The Morgan fingerprint density at radius 3 is 1.85 bits per heavy atom. The van der Waals surface area contributed by atoms with Gasteiger partial charge in [-0.3, -0.25) is 4.79 Å². The first kappa shape index (κ1) is 14.3. The van der Waals surface area contributed by atoms with Gasteiger partial charge in [-0.15, -0.1) is 0 Å². The SMILES string of the molecule is C=C=C(OC)C(C)(C)O.CC(=O)O. The molecule has 0 aliphatic heterocycles. The Bertz CT molecular complexity index is 202. The summed E-state index contributed by atoms with van der Waals surface area (Å²) < 4.78 is 4.76. The largest absolute Gasteiger partial charge is 0.490 e. The van der Waals surface area contributed by atoms with Gasteiger partial charge in [-0.25, -0.2) is 0 Å². The molecule has 0 unspecified atom stereocenters. The third kappa shape index (κ3) is 10.8. The van der Waals surface area contributed by atoms with E-state index in [0.717, 1.165) is 6.92 Å². The lowest BCUT2D eigenvalue weighted by atomic mass is 10.1. The van der Waals surface area contributed by atoms with Gasteiger partial charge in [0.15, 0.2) is 5.76 Å². The predicted molar refractivity (Wildman–Crippen MR) is 49.3 cm³/mol. The van der Waals surface area contributed by atoms with E-state index >= 15 is 0 Å². The number of hydrogen-bond donors (Lipinski definition) is 2. The van der Waals surface area contributed by atoms with E-state index in [0.29, 0.717) is 5.76 Å². The fourth-order valence-corrected chi connectivity index (χ4v) is 0.538. The summed E-state index contributed by atoms with van der Waals surface area (Å²) in [7, 11) is 1.48. The maximum atomic E-state index is 9.21. The zero-order chi connectivity index (χ0) is 11.1. The van der Waals surface area contributed by atoms with Crippen molar-refractivity contribution in [3.05, 3.63) is 18.1 Å². The van der Waals surface area contributed by atoms with E-state index in [4.69, 9.17) is 14.6 Å². The molecule has 0 heterocycles. The van der Waals surface area contributed by atoms with E-state index in [1.807, 2.05) is 0 Å². The second-order valence-corrected chi connectivity index (χ2v) is 2.79. The molecule has 0 atom stereocenters. The first-order valence-electron chi connectivity index (χ1n) is 3.62. The first-order chi connectivity index (χ1) is 5.75. The third-order valence-electron chi connectivity index (χ3n) is 0.920. The number of aliphatic carboxylic acids is 1. The fraction of sp³-hybridized carbons (Fsp3) is 0.556. The molecule has 0 bridgehead atoms. The highest BCUT2D eigenvalue weighted by atomic mass is 16.5. The Balaban J connectivity index is 0. The second kappa shape index (κ2) is 6.29. The summed E-state index contributed by atoms with van der Waals surface area (Å²) in [5.74, 6) is -0.470. The molecule has 0 aromatic heterocycles. The van der Waals surface area contributed by atoms with E-state index in [1.54, 1.807) is 13.8 Å². The molecular formula is C9H16O4. The Kier molecular flexibility index (Phi) is 6.91. The van der Waals surface area contributed by atoms with Crippen LogP contribution in [-0.2, 0) is 9.53 Å². The minimum atomic E-state index is -0.962. The van der Waals surface area contributed by atoms with Crippen molar-refractivity contribution in [2.75, 3.05) is 7.11 Å². The summed E-state index contributed by atoms with van der Waals surface area (Å²) in [6.45, 7) is 7.66. The molecular weight excluding hydrogens is 172 g/mol. The minimum Gasteiger partial charge on any atom is -0.490 e. The van der Waals surface area contributed by atoms with Gasteiger partial charge in [0, 0.05) is 6.92 Å². The predicted octanol–water partition coefficient (Wildman–Crippen LogP) is 1.16. The van der Waals surface area contributed by atoms with Crippen molar-refractivity contribution in [1.82, 2.24) is 0 Å². The van der Waals surface area contributed by atoms with Gasteiger partial charge in [0.05, 0.1) is 7.11 Å². The summed E-state index contributed by atoms with van der Waals surface area (Å²) in [5.41, 5.74) is 1.52. The van der Waals surface area contributed by atoms with Crippen LogP contribution in [0.25, 0.3) is 0 Å². The van der Waals surface area contributed by atoms with E-state index in [2.05, 4.69) is 12.3 Å². The third-order valence-corrected chi connectivity index (χ3v) is 0.920. The van der Waals surface area contributed by atoms with Crippen molar-refractivity contribution >= 4 is 5.97 Å². The number of carboxylic acids is 1. The Labute approximate surface area is 78.1 Å². The van der Waals surface area contributed by atoms with Crippen LogP contribution in [0.5, 0.6) is 0 Å². The molecule has 4 nitrogen and oxygen atoms in total. The monoisotopic (exact) mass is 188 g/mol. The highest BCUT2D eigenvalue weighted by molar-refractivity contribution is 5.62. The lowest BCUT2D eigenvalue weighted by Gasteiger charge is -2.17. The molecule has 0 saturated carbocycles. The fourth-order valence-electron chi connectivity index (χ4n) is 0.538. The van der Waals surface area contributed by atoms with E-state index in [1.165, 1.54) is 7.11 Å². The standard InChI is InChI=1S/C7H12O2.C2H4O2/c1-5-6(9-4)7(2,3)8;1-2(3)4/h8H,1H2,2-4H3;1H3,(H,3,4). The highest BCUT2D eigenvalue weighted by Gasteiger charge is 2.18. The summed E-state index contributed by atoms with van der Waals surface area (Å²) in [4.78, 5) is 9.00. The van der Waals surface area contributed by atoms with Crippen molar-refractivity contribution in [1.29, 1.82) is 0 Å². The minimum absolute atomic E-state index is 0.363. The maximum Gasteiger partial charge on any atom is 0.300 e.